The number of halogens is 2. The van der Waals surface area contributed by atoms with Crippen LogP contribution in [0.2, 0.25) is 0 Å². The number of rotatable bonds is 9. The van der Waals surface area contributed by atoms with Gasteiger partial charge < -0.3 is 15.0 Å². The van der Waals surface area contributed by atoms with Gasteiger partial charge in [-0.3, -0.25) is 0 Å². The van der Waals surface area contributed by atoms with Crippen molar-refractivity contribution in [2.75, 3.05) is 26.2 Å². The van der Waals surface area contributed by atoms with Crippen LogP contribution >= 0.6 is 23.2 Å². The van der Waals surface area contributed by atoms with Gasteiger partial charge in [0.25, 0.3) is 0 Å². The highest BCUT2D eigenvalue weighted by atomic mass is 35.5. The van der Waals surface area contributed by atoms with Gasteiger partial charge in [0.05, 0.1) is 22.7 Å². The Balaban J connectivity index is 0.00000199. The van der Waals surface area contributed by atoms with Crippen molar-refractivity contribution in [2.24, 2.45) is 0 Å². The summed E-state index contributed by atoms with van der Waals surface area (Å²) in [4.78, 5) is 2.50. The zero-order valence-electron chi connectivity index (χ0n) is 21.3. The van der Waals surface area contributed by atoms with Crippen LogP contribution in [0, 0.1) is 0 Å². The van der Waals surface area contributed by atoms with Crippen molar-refractivity contribution >= 4 is 23.2 Å². The van der Waals surface area contributed by atoms with Crippen LogP contribution in [0.25, 0.3) is 0 Å². The molecule has 1 aromatic rings. The number of ether oxygens (including phenoxy) is 1. The first kappa shape index (κ1) is 28.6. The lowest BCUT2D eigenvalue weighted by Crippen LogP contribution is -2.33. The maximum absolute atomic E-state index is 6.79. The molecule has 1 N–H and O–H groups in total. The van der Waals surface area contributed by atoms with Crippen molar-refractivity contribution in [1.82, 2.24) is 10.2 Å². The molecule has 0 radical (unpaired) electrons. The highest BCUT2D eigenvalue weighted by Crippen LogP contribution is 2.42. The molecule has 0 saturated carbocycles. The van der Waals surface area contributed by atoms with Gasteiger partial charge in [-0.2, -0.15) is 0 Å². The number of allylic oxidation sites excluding steroid dienone is 4. The minimum Gasteiger partial charge on any atom is -0.491 e. The minimum atomic E-state index is 0.197. The third kappa shape index (κ3) is 7.41. The summed E-state index contributed by atoms with van der Waals surface area (Å²) < 4.78 is 6.32. The van der Waals surface area contributed by atoms with E-state index >= 15 is 0 Å². The molecule has 0 fully saturated rings. The monoisotopic (exact) mass is 504 g/mol. The largest absolute Gasteiger partial charge is 0.491 e. The molecule has 1 unspecified atom stereocenters. The van der Waals surface area contributed by atoms with Crippen molar-refractivity contribution in [3.8, 4) is 5.75 Å². The van der Waals surface area contributed by atoms with E-state index in [1.54, 1.807) is 0 Å². The number of hydrogen-bond acceptors (Lipinski definition) is 3. The number of hydrogen-bond donors (Lipinski definition) is 1. The molecule has 3 rings (SSSR count). The summed E-state index contributed by atoms with van der Waals surface area (Å²) in [5.41, 5.74) is 5.30. The van der Waals surface area contributed by atoms with Gasteiger partial charge in [-0.05, 0) is 81.8 Å². The van der Waals surface area contributed by atoms with Crippen LogP contribution in [-0.4, -0.2) is 37.2 Å². The molecule has 2 aliphatic heterocycles. The molecule has 0 aliphatic carbocycles. The molecule has 2 aliphatic rings. The average Bonchev–Trinajstić information content (AvgIpc) is 3.10. The number of nitrogens with one attached hydrogen (secondary N) is 1. The van der Waals surface area contributed by atoms with Gasteiger partial charge >= 0.3 is 0 Å². The predicted molar refractivity (Wildman–Crippen MR) is 149 cm³/mol. The number of para-hydroxylation sites is 1. The Morgan fingerprint density at radius 3 is 2.68 bits per heavy atom. The Hall–Kier alpha value is -1.68. The lowest BCUT2D eigenvalue weighted by molar-refractivity contribution is 0.224. The Kier molecular flexibility index (Phi) is 12.9. The molecule has 188 valence electrons. The molecular formula is C29H42Cl2N2O. The standard InChI is InChI=1S/C27H38Cl2N2O.C2H4/c1-4-6-7-11-21-12-8-9-14-25(21)32-19-18-31-20(3)26(27(29)23(28)5-2)22-15-17-30-16-10-13-24(22)31;1-2/h5,8-9,12,14,20,30H,4,6-7,10-11,13,15-19H2,1-3H3;1-2H2/b23-5+,27-26-;. The first-order valence-electron chi connectivity index (χ1n) is 12.7. The van der Waals surface area contributed by atoms with Gasteiger partial charge in [-0.1, -0.05) is 67.2 Å². The quantitative estimate of drug-likeness (QED) is 0.272. The van der Waals surface area contributed by atoms with Gasteiger partial charge in [0.1, 0.15) is 12.4 Å². The fourth-order valence-corrected chi connectivity index (χ4v) is 5.32. The molecule has 2 heterocycles. The molecule has 0 amide bonds. The Labute approximate surface area is 217 Å². The van der Waals surface area contributed by atoms with E-state index in [0.29, 0.717) is 16.7 Å². The van der Waals surface area contributed by atoms with Crippen LogP contribution in [0.4, 0.5) is 0 Å². The van der Waals surface area contributed by atoms with E-state index in [1.807, 2.05) is 13.0 Å². The summed E-state index contributed by atoms with van der Waals surface area (Å²) in [5, 5.41) is 4.86. The van der Waals surface area contributed by atoms with E-state index in [1.165, 1.54) is 41.7 Å². The molecule has 0 bridgehead atoms. The van der Waals surface area contributed by atoms with Crippen molar-refractivity contribution in [1.29, 1.82) is 0 Å². The normalized spacial score (nSPS) is 20.2. The van der Waals surface area contributed by atoms with Gasteiger partial charge in [-0.25, -0.2) is 0 Å². The van der Waals surface area contributed by atoms with E-state index in [9.17, 15) is 0 Å². The predicted octanol–water partition coefficient (Wildman–Crippen LogP) is 7.97. The van der Waals surface area contributed by atoms with Crippen molar-refractivity contribution in [2.45, 2.75) is 71.8 Å². The van der Waals surface area contributed by atoms with Gasteiger partial charge in [0.15, 0.2) is 0 Å². The van der Waals surface area contributed by atoms with E-state index in [-0.39, 0.29) is 6.04 Å². The summed E-state index contributed by atoms with van der Waals surface area (Å²) in [6, 6.07) is 8.68. The van der Waals surface area contributed by atoms with Crippen molar-refractivity contribution < 1.29 is 4.74 Å². The average molecular weight is 506 g/mol. The molecule has 1 aromatic carbocycles. The van der Waals surface area contributed by atoms with Crippen molar-refractivity contribution in [3.63, 3.8) is 0 Å². The highest BCUT2D eigenvalue weighted by Gasteiger charge is 2.35. The summed E-state index contributed by atoms with van der Waals surface area (Å²) >= 11 is 13.2. The molecule has 1 atom stereocenters. The fourth-order valence-electron chi connectivity index (χ4n) is 4.83. The first-order valence-corrected chi connectivity index (χ1v) is 13.5. The highest BCUT2D eigenvalue weighted by molar-refractivity contribution is 6.44. The molecule has 0 spiro atoms. The second-order valence-electron chi connectivity index (χ2n) is 8.68. The van der Waals surface area contributed by atoms with Gasteiger partial charge in [0.2, 0.25) is 0 Å². The van der Waals surface area contributed by atoms with E-state index in [4.69, 9.17) is 27.9 Å². The lowest BCUT2D eigenvalue weighted by Gasteiger charge is -2.28. The van der Waals surface area contributed by atoms with E-state index in [2.05, 4.69) is 61.5 Å². The first-order chi connectivity index (χ1) is 16.6. The van der Waals surface area contributed by atoms with Crippen LogP contribution in [0.15, 0.2) is 70.4 Å². The zero-order valence-corrected chi connectivity index (χ0v) is 22.8. The van der Waals surface area contributed by atoms with Crippen LogP contribution in [-0.2, 0) is 6.42 Å². The molecular weight excluding hydrogens is 463 g/mol. The van der Waals surface area contributed by atoms with Crippen LogP contribution < -0.4 is 10.1 Å². The number of unbranched alkanes of at least 4 members (excludes halogenated alkanes) is 2. The SMILES string of the molecule is C/C=C(Cl)\C(Cl)=C1\C2=C(CCCNCC2)N(CCOc2ccccc2CCCCC)C1C.C=C. The van der Waals surface area contributed by atoms with E-state index < -0.39 is 0 Å². The Morgan fingerprint density at radius 1 is 1.18 bits per heavy atom. The van der Waals surface area contributed by atoms with Crippen LogP contribution in [0.1, 0.15) is 64.9 Å². The smallest absolute Gasteiger partial charge is 0.122 e. The summed E-state index contributed by atoms with van der Waals surface area (Å²) in [5.74, 6) is 1.03. The molecule has 3 nitrogen and oxygen atoms in total. The van der Waals surface area contributed by atoms with Crippen LogP contribution in [0.5, 0.6) is 5.75 Å². The second kappa shape index (κ2) is 15.3. The Bertz CT molecular complexity index is 875. The second-order valence-corrected chi connectivity index (χ2v) is 9.46. The Morgan fingerprint density at radius 2 is 1.94 bits per heavy atom. The number of aryl methyl sites for hydroxylation is 1. The topological polar surface area (TPSA) is 24.5 Å². The molecule has 0 aromatic heterocycles. The minimum absolute atomic E-state index is 0.197. The fraction of sp³-hybridized carbons (Fsp3) is 0.517. The number of benzene rings is 1. The number of nitrogens with zero attached hydrogens (tertiary/aromatic N) is 1. The summed E-state index contributed by atoms with van der Waals surface area (Å²) in [6.07, 6.45) is 9.84. The van der Waals surface area contributed by atoms with Crippen molar-refractivity contribution in [3.05, 3.63) is 76.0 Å². The maximum Gasteiger partial charge on any atom is 0.122 e. The molecule has 0 saturated heterocycles. The lowest BCUT2D eigenvalue weighted by atomic mass is 9.97. The van der Waals surface area contributed by atoms with Gasteiger partial charge in [-0.15, -0.1) is 13.2 Å². The summed E-state index contributed by atoms with van der Waals surface area (Å²) in [7, 11) is 0. The van der Waals surface area contributed by atoms with Crippen LogP contribution in [0.3, 0.4) is 0 Å². The molecule has 5 heteroatoms. The maximum atomic E-state index is 6.79. The van der Waals surface area contributed by atoms with E-state index in [0.717, 1.165) is 51.1 Å². The summed E-state index contributed by atoms with van der Waals surface area (Å²) in [6.45, 7) is 16.0. The third-order valence-electron chi connectivity index (χ3n) is 6.54. The van der Waals surface area contributed by atoms with Gasteiger partial charge in [0, 0.05) is 5.70 Å². The third-order valence-corrected chi connectivity index (χ3v) is 7.45. The zero-order chi connectivity index (χ0) is 24.9. The molecule has 34 heavy (non-hydrogen) atoms.